The fourth-order valence-electron chi connectivity index (χ4n) is 1.95. The molecule has 0 aliphatic rings. The minimum atomic E-state index is -0.930. The molecule has 0 radical (unpaired) electrons. The summed E-state index contributed by atoms with van der Waals surface area (Å²) in [5, 5.41) is 0.755. The van der Waals surface area contributed by atoms with E-state index in [9.17, 15) is 14.0 Å². The number of carbonyl (C=O) groups excluding carboxylic acids is 2. The molecule has 1 N–H and O–H groups in total. The maximum Gasteiger partial charge on any atom is 0.434 e. The predicted octanol–water partition coefficient (Wildman–Crippen LogP) is 4.03. The van der Waals surface area contributed by atoms with Crippen LogP contribution in [0.3, 0.4) is 0 Å². The van der Waals surface area contributed by atoms with Crippen LogP contribution in [0.2, 0.25) is 0 Å². The maximum absolute atomic E-state index is 14.4. The number of nitrogens with one attached hydrogen (secondary N) is 1. The van der Waals surface area contributed by atoms with E-state index in [4.69, 9.17) is 18.9 Å². The number of halogens is 1. The minimum absolute atomic E-state index is 0.0407. The van der Waals surface area contributed by atoms with Gasteiger partial charge < -0.3 is 18.9 Å². The number of rotatable bonds is 5. The molecule has 0 unspecified atom stereocenters. The highest BCUT2D eigenvalue weighted by Crippen LogP contribution is 2.31. The molecule has 0 aliphatic heterocycles. The van der Waals surface area contributed by atoms with E-state index in [0.29, 0.717) is 0 Å². The molecule has 0 spiro atoms. The molecule has 0 aromatic heterocycles. The summed E-state index contributed by atoms with van der Waals surface area (Å²) in [5.74, 6) is -0.949. The van der Waals surface area contributed by atoms with Crippen LogP contribution < -0.4 is 15.2 Å². The fourth-order valence-corrected chi connectivity index (χ4v) is 1.95. The van der Waals surface area contributed by atoms with Crippen molar-refractivity contribution in [3.8, 4) is 5.75 Å². The van der Waals surface area contributed by atoms with Crippen molar-refractivity contribution in [3.05, 3.63) is 24.0 Å². The monoisotopic (exact) mass is 400 g/mol. The van der Waals surface area contributed by atoms with Gasteiger partial charge in [0.2, 0.25) is 0 Å². The summed E-state index contributed by atoms with van der Waals surface area (Å²) in [6.45, 7) is 10.3. The molecule has 1 aromatic rings. The number of methoxy groups -OCH3 is 1. The van der Waals surface area contributed by atoms with Gasteiger partial charge in [-0.1, -0.05) is 6.07 Å². The van der Waals surface area contributed by atoms with Crippen molar-refractivity contribution >= 4 is 17.9 Å². The van der Waals surface area contributed by atoms with Crippen LogP contribution in [-0.2, 0) is 14.2 Å². The molecule has 0 atom stereocenters. The lowest BCUT2D eigenvalue weighted by molar-refractivity contribution is 0.0423. The third-order valence-corrected chi connectivity index (χ3v) is 2.90. The summed E-state index contributed by atoms with van der Waals surface area (Å²) >= 11 is 0. The molecule has 0 fully saturated rings. The lowest BCUT2D eigenvalue weighted by Crippen LogP contribution is -2.50. The third-order valence-electron chi connectivity index (χ3n) is 2.90. The Hall–Kier alpha value is -2.55. The Kier molecular flexibility index (Phi) is 8.04. The lowest BCUT2D eigenvalue weighted by atomic mass is 10.2. The number of nitrogens with zero attached hydrogens (tertiary/aromatic N) is 1. The van der Waals surface area contributed by atoms with E-state index in [-0.39, 0.29) is 24.7 Å². The maximum atomic E-state index is 14.4. The molecule has 0 aliphatic carbocycles. The van der Waals surface area contributed by atoms with E-state index in [0.717, 1.165) is 5.01 Å². The Balaban J connectivity index is 3.25. The number of ether oxygens (including phenoxy) is 4. The molecule has 0 heterocycles. The van der Waals surface area contributed by atoms with Crippen molar-refractivity contribution in [2.75, 3.05) is 25.3 Å². The highest BCUT2D eigenvalue weighted by Gasteiger charge is 2.30. The second-order valence-corrected chi connectivity index (χ2v) is 7.86. The van der Waals surface area contributed by atoms with Crippen LogP contribution >= 0.6 is 0 Å². The number of anilines is 1. The van der Waals surface area contributed by atoms with Crippen LogP contribution in [0.5, 0.6) is 5.75 Å². The first kappa shape index (κ1) is 23.5. The van der Waals surface area contributed by atoms with E-state index in [1.165, 1.54) is 25.3 Å². The fraction of sp³-hybridized carbons (Fsp3) is 0.579. The third kappa shape index (κ3) is 7.99. The van der Waals surface area contributed by atoms with Crippen molar-refractivity contribution in [2.45, 2.75) is 52.7 Å². The first-order valence-electron chi connectivity index (χ1n) is 8.77. The Labute approximate surface area is 164 Å². The molecule has 0 saturated carbocycles. The number of benzene rings is 1. The number of hydrogen-bond donors (Lipinski definition) is 1. The van der Waals surface area contributed by atoms with Gasteiger partial charge in [-0.2, -0.15) is 5.01 Å². The highest BCUT2D eigenvalue weighted by atomic mass is 19.1. The van der Waals surface area contributed by atoms with Crippen molar-refractivity contribution in [1.82, 2.24) is 5.43 Å². The summed E-state index contributed by atoms with van der Waals surface area (Å²) in [5.41, 5.74) is 0.591. The van der Waals surface area contributed by atoms with Gasteiger partial charge in [0, 0.05) is 7.11 Å². The molecule has 0 saturated heterocycles. The molecule has 1 aromatic carbocycles. The predicted molar refractivity (Wildman–Crippen MR) is 102 cm³/mol. The van der Waals surface area contributed by atoms with Crippen LogP contribution in [0, 0.1) is 5.82 Å². The van der Waals surface area contributed by atoms with Crippen molar-refractivity contribution < 1.29 is 32.9 Å². The van der Waals surface area contributed by atoms with E-state index < -0.39 is 29.2 Å². The summed E-state index contributed by atoms with van der Waals surface area (Å²) in [6, 6.07) is 3.96. The average Bonchev–Trinajstić information content (AvgIpc) is 2.51. The van der Waals surface area contributed by atoms with Crippen molar-refractivity contribution in [3.63, 3.8) is 0 Å². The van der Waals surface area contributed by atoms with Crippen molar-refractivity contribution in [2.24, 2.45) is 0 Å². The van der Waals surface area contributed by atoms with Crippen LogP contribution in [0.4, 0.5) is 19.7 Å². The van der Waals surface area contributed by atoms with E-state index >= 15 is 0 Å². The van der Waals surface area contributed by atoms with Gasteiger partial charge in [0.15, 0.2) is 11.6 Å². The highest BCUT2D eigenvalue weighted by molar-refractivity contribution is 5.92. The minimum Gasteiger partial charge on any atom is -0.486 e. The molecule has 1 rings (SSSR count). The van der Waals surface area contributed by atoms with Gasteiger partial charge in [0.25, 0.3) is 0 Å². The van der Waals surface area contributed by atoms with E-state index in [1.54, 1.807) is 41.5 Å². The number of carbonyl (C=O) groups is 2. The van der Waals surface area contributed by atoms with Crippen LogP contribution in [0.1, 0.15) is 41.5 Å². The quantitative estimate of drug-likeness (QED) is 0.593. The molecule has 28 heavy (non-hydrogen) atoms. The molecule has 0 bridgehead atoms. The Morgan fingerprint density at radius 1 is 1.04 bits per heavy atom. The van der Waals surface area contributed by atoms with Crippen LogP contribution in [0.15, 0.2) is 18.2 Å². The largest absolute Gasteiger partial charge is 0.486 e. The number of hydrogen-bond acceptors (Lipinski definition) is 6. The number of para-hydroxylation sites is 1. The zero-order valence-electron chi connectivity index (χ0n) is 17.4. The molecule has 9 heteroatoms. The Morgan fingerprint density at radius 3 is 2.18 bits per heavy atom. The lowest BCUT2D eigenvalue weighted by Gasteiger charge is -2.29. The SMILES string of the molecule is COCCOc1c(F)cccc1N(NC(=O)OC(C)(C)C)C(=O)OC(C)(C)C. The Morgan fingerprint density at radius 2 is 1.64 bits per heavy atom. The Bertz CT molecular complexity index is 682. The zero-order valence-corrected chi connectivity index (χ0v) is 17.4. The molecule has 2 amide bonds. The molecular formula is C19H29FN2O6. The van der Waals surface area contributed by atoms with Gasteiger partial charge in [-0.25, -0.2) is 19.4 Å². The van der Waals surface area contributed by atoms with E-state index in [2.05, 4.69) is 5.43 Å². The zero-order chi connectivity index (χ0) is 21.5. The smallest absolute Gasteiger partial charge is 0.434 e. The average molecular weight is 400 g/mol. The second kappa shape index (κ2) is 9.59. The summed E-state index contributed by atoms with van der Waals surface area (Å²) in [6.07, 6.45) is -1.84. The standard InChI is InChI=1S/C19H29FN2O6/c1-18(2,3)27-16(23)21-22(17(24)28-19(4,5)6)14-10-8-9-13(20)15(14)26-12-11-25-7/h8-10H,11-12H2,1-7H3,(H,21,23). The second-order valence-electron chi connectivity index (χ2n) is 7.86. The topological polar surface area (TPSA) is 86.3 Å². The van der Waals surface area contributed by atoms with Gasteiger partial charge in [0.1, 0.15) is 23.5 Å². The van der Waals surface area contributed by atoms with Crippen LogP contribution in [0.25, 0.3) is 0 Å². The summed E-state index contributed by atoms with van der Waals surface area (Å²) in [4.78, 5) is 24.9. The molecule has 158 valence electrons. The first-order valence-corrected chi connectivity index (χ1v) is 8.77. The normalized spacial score (nSPS) is 11.6. The summed E-state index contributed by atoms with van der Waals surface area (Å²) in [7, 11) is 1.47. The molecule has 8 nitrogen and oxygen atoms in total. The van der Waals surface area contributed by atoms with Crippen molar-refractivity contribution in [1.29, 1.82) is 0 Å². The first-order chi connectivity index (χ1) is 12.8. The van der Waals surface area contributed by atoms with Gasteiger partial charge >= 0.3 is 12.2 Å². The number of hydrazine groups is 1. The van der Waals surface area contributed by atoms with E-state index in [1.807, 2.05) is 0 Å². The number of amides is 2. The molecular weight excluding hydrogens is 371 g/mol. The van der Waals surface area contributed by atoms with Gasteiger partial charge in [-0.15, -0.1) is 0 Å². The van der Waals surface area contributed by atoms with Crippen LogP contribution in [-0.4, -0.2) is 43.7 Å². The van der Waals surface area contributed by atoms with Gasteiger partial charge in [-0.05, 0) is 53.7 Å². The van der Waals surface area contributed by atoms with Gasteiger partial charge in [0.05, 0.1) is 6.61 Å². The summed E-state index contributed by atoms with van der Waals surface area (Å²) < 4.78 is 35.2. The van der Waals surface area contributed by atoms with Gasteiger partial charge in [-0.3, -0.25) is 0 Å².